The molecule has 0 fully saturated rings. The van der Waals surface area contributed by atoms with E-state index >= 15 is 0 Å². The SMILES string of the molecule is CC(C)(NC(=O)C(NC(=O)OCC1c2ccccc2-c2ccccc21)C(F)(F)F)C(=O)O. The summed E-state index contributed by atoms with van der Waals surface area (Å²) in [6.07, 6.45) is -6.61. The Labute approximate surface area is 181 Å². The van der Waals surface area contributed by atoms with Crippen LogP contribution in [0.15, 0.2) is 48.5 Å². The highest BCUT2D eigenvalue weighted by Gasteiger charge is 2.48. The number of carbonyl (C=O) groups excluding carboxylic acids is 2. The molecule has 1 unspecified atom stereocenters. The van der Waals surface area contributed by atoms with Crippen molar-refractivity contribution in [1.29, 1.82) is 0 Å². The normalized spacial score (nSPS) is 14.2. The third kappa shape index (κ3) is 4.68. The molecule has 0 radical (unpaired) electrons. The van der Waals surface area contributed by atoms with Gasteiger partial charge in [0.1, 0.15) is 12.1 Å². The van der Waals surface area contributed by atoms with Crippen LogP contribution < -0.4 is 10.6 Å². The molecule has 0 heterocycles. The molecule has 7 nitrogen and oxygen atoms in total. The Bertz CT molecular complexity index is 1010. The highest BCUT2D eigenvalue weighted by molar-refractivity contribution is 5.91. The Kier molecular flexibility index (Phi) is 6.16. The number of halogens is 3. The molecule has 0 bridgehead atoms. The molecule has 1 atom stereocenters. The van der Waals surface area contributed by atoms with Crippen LogP contribution in [0.5, 0.6) is 0 Å². The quantitative estimate of drug-likeness (QED) is 0.626. The zero-order valence-electron chi connectivity index (χ0n) is 17.2. The summed E-state index contributed by atoms with van der Waals surface area (Å²) in [6, 6.07) is 11.9. The van der Waals surface area contributed by atoms with E-state index in [4.69, 9.17) is 9.84 Å². The van der Waals surface area contributed by atoms with Crippen molar-refractivity contribution >= 4 is 18.0 Å². The van der Waals surface area contributed by atoms with Crippen LogP contribution in [0, 0.1) is 0 Å². The highest BCUT2D eigenvalue weighted by Crippen LogP contribution is 2.44. The summed E-state index contributed by atoms with van der Waals surface area (Å²) in [7, 11) is 0. The van der Waals surface area contributed by atoms with Gasteiger partial charge in [0, 0.05) is 5.92 Å². The van der Waals surface area contributed by atoms with Crippen LogP contribution in [-0.2, 0) is 14.3 Å². The number of nitrogens with one attached hydrogen (secondary N) is 2. The van der Waals surface area contributed by atoms with Crippen molar-refractivity contribution in [2.75, 3.05) is 6.61 Å². The van der Waals surface area contributed by atoms with E-state index in [0.717, 1.165) is 36.1 Å². The fraction of sp³-hybridized carbons (Fsp3) is 0.318. The first-order valence-corrected chi connectivity index (χ1v) is 9.65. The highest BCUT2D eigenvalue weighted by atomic mass is 19.4. The van der Waals surface area contributed by atoms with Gasteiger partial charge in [-0.25, -0.2) is 9.59 Å². The largest absolute Gasteiger partial charge is 0.480 e. The Morgan fingerprint density at radius 2 is 1.50 bits per heavy atom. The molecule has 0 spiro atoms. The molecule has 0 saturated heterocycles. The summed E-state index contributed by atoms with van der Waals surface area (Å²) in [5.74, 6) is -3.62. The van der Waals surface area contributed by atoms with E-state index in [1.54, 1.807) is 5.32 Å². The Hall–Kier alpha value is -3.56. The van der Waals surface area contributed by atoms with Crippen LogP contribution in [0.2, 0.25) is 0 Å². The van der Waals surface area contributed by atoms with E-state index in [9.17, 15) is 27.6 Å². The number of ether oxygens (including phenoxy) is 1. The lowest BCUT2D eigenvalue weighted by atomic mass is 9.98. The summed E-state index contributed by atoms with van der Waals surface area (Å²) in [5, 5.41) is 12.3. The van der Waals surface area contributed by atoms with Gasteiger partial charge >= 0.3 is 18.2 Å². The van der Waals surface area contributed by atoms with E-state index in [2.05, 4.69) is 0 Å². The van der Waals surface area contributed by atoms with Gasteiger partial charge in [-0.1, -0.05) is 48.5 Å². The summed E-state index contributed by atoms with van der Waals surface area (Å²) in [5.41, 5.74) is 1.66. The number of alkyl halides is 3. The fourth-order valence-corrected chi connectivity index (χ4v) is 3.49. The van der Waals surface area contributed by atoms with E-state index in [0.29, 0.717) is 0 Å². The average Bonchev–Trinajstić information content (AvgIpc) is 3.03. The fourth-order valence-electron chi connectivity index (χ4n) is 3.49. The minimum Gasteiger partial charge on any atom is -0.480 e. The Morgan fingerprint density at radius 3 is 1.97 bits per heavy atom. The summed E-state index contributed by atoms with van der Waals surface area (Å²) in [4.78, 5) is 35.3. The maximum absolute atomic E-state index is 13.4. The topological polar surface area (TPSA) is 105 Å². The van der Waals surface area contributed by atoms with Crippen molar-refractivity contribution in [3.63, 3.8) is 0 Å². The minimum atomic E-state index is -5.16. The van der Waals surface area contributed by atoms with Crippen LogP contribution in [0.4, 0.5) is 18.0 Å². The van der Waals surface area contributed by atoms with E-state index in [1.165, 1.54) is 5.32 Å². The average molecular weight is 450 g/mol. The number of benzene rings is 2. The predicted molar refractivity (Wildman–Crippen MR) is 108 cm³/mol. The Balaban J connectivity index is 1.71. The predicted octanol–water partition coefficient (Wildman–Crippen LogP) is 3.44. The number of carboxylic acid groups (broad SMARTS) is 1. The van der Waals surface area contributed by atoms with Crippen LogP contribution in [0.3, 0.4) is 0 Å². The molecular formula is C22H21F3N2O5. The third-order valence-electron chi connectivity index (χ3n) is 5.17. The number of fused-ring (bicyclic) bond motifs is 3. The number of amides is 2. The first kappa shape index (κ1) is 23.1. The lowest BCUT2D eigenvalue weighted by Crippen LogP contribution is -2.60. The summed E-state index contributed by atoms with van der Waals surface area (Å²) < 4.78 is 45.1. The molecule has 0 aromatic heterocycles. The van der Waals surface area contributed by atoms with Crippen molar-refractivity contribution in [2.45, 2.75) is 37.5 Å². The zero-order chi connectivity index (χ0) is 23.7. The second-order valence-corrected chi connectivity index (χ2v) is 7.86. The van der Waals surface area contributed by atoms with Gasteiger partial charge in [0.25, 0.3) is 5.91 Å². The second kappa shape index (κ2) is 8.52. The van der Waals surface area contributed by atoms with Gasteiger partial charge in [-0.05, 0) is 36.1 Å². The number of hydrogen-bond acceptors (Lipinski definition) is 4. The molecule has 32 heavy (non-hydrogen) atoms. The third-order valence-corrected chi connectivity index (χ3v) is 5.17. The number of alkyl carbamates (subject to hydrolysis) is 1. The minimum absolute atomic E-state index is 0.243. The molecular weight excluding hydrogens is 429 g/mol. The lowest BCUT2D eigenvalue weighted by Gasteiger charge is -2.26. The van der Waals surface area contributed by atoms with Crippen molar-refractivity contribution in [1.82, 2.24) is 10.6 Å². The maximum Gasteiger partial charge on any atom is 0.417 e. The molecule has 2 aromatic rings. The lowest BCUT2D eigenvalue weighted by molar-refractivity contribution is -0.170. The number of carboxylic acids is 1. The van der Waals surface area contributed by atoms with Crippen molar-refractivity contribution in [3.05, 3.63) is 59.7 Å². The first-order valence-electron chi connectivity index (χ1n) is 9.65. The number of rotatable bonds is 6. The molecule has 3 rings (SSSR count). The van der Waals surface area contributed by atoms with Crippen molar-refractivity contribution < 1.29 is 37.4 Å². The molecule has 0 aliphatic heterocycles. The Morgan fingerprint density at radius 1 is 1.00 bits per heavy atom. The molecule has 2 amide bonds. The molecule has 0 saturated carbocycles. The number of aliphatic carboxylic acids is 1. The van der Waals surface area contributed by atoms with Gasteiger partial charge in [-0.2, -0.15) is 13.2 Å². The van der Waals surface area contributed by atoms with Gasteiger partial charge < -0.3 is 20.5 Å². The standard InChI is InChI=1S/C22H21F3N2O5/c1-21(2,19(29)30)27-18(28)17(22(23,24)25)26-20(31)32-11-16-14-9-5-3-7-12(14)13-8-4-6-10-15(13)16/h3-10,16-17H,11H2,1-2H3,(H,26,31)(H,27,28)(H,29,30). The summed E-state index contributed by atoms with van der Waals surface area (Å²) >= 11 is 0. The monoisotopic (exact) mass is 450 g/mol. The van der Waals surface area contributed by atoms with Crippen molar-refractivity contribution in [2.24, 2.45) is 0 Å². The van der Waals surface area contributed by atoms with Gasteiger partial charge in [-0.15, -0.1) is 0 Å². The van der Waals surface area contributed by atoms with E-state index < -0.39 is 35.7 Å². The van der Waals surface area contributed by atoms with Crippen LogP contribution >= 0.6 is 0 Å². The van der Waals surface area contributed by atoms with Gasteiger partial charge in [0.2, 0.25) is 6.04 Å². The maximum atomic E-state index is 13.4. The summed E-state index contributed by atoms with van der Waals surface area (Å²) in [6.45, 7) is 1.80. The smallest absolute Gasteiger partial charge is 0.417 e. The van der Waals surface area contributed by atoms with Crippen molar-refractivity contribution in [3.8, 4) is 11.1 Å². The zero-order valence-corrected chi connectivity index (χ0v) is 17.2. The molecule has 1 aliphatic carbocycles. The van der Waals surface area contributed by atoms with E-state index in [-0.39, 0.29) is 12.5 Å². The molecule has 3 N–H and O–H groups in total. The number of carbonyl (C=O) groups is 3. The first-order chi connectivity index (χ1) is 14.9. The van der Waals surface area contributed by atoms with Gasteiger partial charge in [-0.3, -0.25) is 4.79 Å². The van der Waals surface area contributed by atoms with Crippen LogP contribution in [0.25, 0.3) is 11.1 Å². The molecule has 170 valence electrons. The van der Waals surface area contributed by atoms with Crippen LogP contribution in [-0.4, -0.2) is 47.4 Å². The molecule has 1 aliphatic rings. The second-order valence-electron chi connectivity index (χ2n) is 7.86. The number of hydrogen-bond donors (Lipinski definition) is 3. The van der Waals surface area contributed by atoms with Gasteiger partial charge in [0.15, 0.2) is 0 Å². The van der Waals surface area contributed by atoms with Gasteiger partial charge in [0.05, 0.1) is 0 Å². The molecule has 10 heteroatoms. The van der Waals surface area contributed by atoms with E-state index in [1.807, 2.05) is 48.5 Å². The molecule has 2 aromatic carbocycles. The van der Waals surface area contributed by atoms with Crippen LogP contribution in [0.1, 0.15) is 30.9 Å².